The number of carbonyl (C=O) groups excluding carboxylic acids is 2. The van der Waals surface area contributed by atoms with Gasteiger partial charge in [-0.15, -0.1) is 11.8 Å². The van der Waals surface area contributed by atoms with E-state index in [1.165, 1.54) is 42.3 Å². The van der Waals surface area contributed by atoms with E-state index in [2.05, 4.69) is 30.6 Å². The molecule has 2 fully saturated rings. The molecule has 6 heterocycles. The van der Waals surface area contributed by atoms with Crippen LogP contribution in [0, 0.1) is 19.7 Å². The molecule has 0 unspecified atom stereocenters. The Morgan fingerprint density at radius 2 is 1.39 bits per heavy atom. The van der Waals surface area contributed by atoms with Crippen LogP contribution in [0.15, 0.2) is 83.1 Å². The number of anilines is 4. The van der Waals surface area contributed by atoms with Crippen molar-refractivity contribution in [2.75, 3.05) is 52.9 Å². The minimum absolute atomic E-state index is 0.0526. The summed E-state index contributed by atoms with van der Waals surface area (Å²) in [5, 5.41) is 11.3. The number of benzene rings is 1. The monoisotopic (exact) mass is 977 g/mol. The van der Waals surface area contributed by atoms with E-state index in [9.17, 15) is 44.7 Å². The zero-order valence-corrected chi connectivity index (χ0v) is 39.0. The number of amides is 2. The summed E-state index contributed by atoms with van der Waals surface area (Å²) in [5.41, 5.74) is 1.09. The molecule has 7 rings (SSSR count). The molecule has 11 nitrogen and oxygen atoms in total. The predicted molar refractivity (Wildman–Crippen MR) is 248 cm³/mol. The van der Waals surface area contributed by atoms with Gasteiger partial charge in [-0.1, -0.05) is 19.9 Å². The van der Waals surface area contributed by atoms with Gasteiger partial charge in [0.1, 0.15) is 22.5 Å². The number of thioether (sulfide) groups is 1. The molecule has 4 N–H and O–H groups in total. The molecule has 2 aliphatic heterocycles. The fourth-order valence-corrected chi connectivity index (χ4v) is 8.15. The number of pyridine rings is 4. The molecule has 0 saturated carbocycles. The Morgan fingerprint density at radius 1 is 0.761 bits per heavy atom. The van der Waals surface area contributed by atoms with Crippen LogP contribution in [-0.2, 0) is 6.18 Å². The first-order valence-corrected chi connectivity index (χ1v) is 23.4. The molecule has 0 radical (unpaired) electrons. The smallest absolute Gasteiger partial charge is 0.356 e. The van der Waals surface area contributed by atoms with E-state index < -0.39 is 47.6 Å². The minimum Gasteiger partial charge on any atom is -0.356 e. The summed E-state index contributed by atoms with van der Waals surface area (Å²) in [6.07, 6.45) is 0.401. The SMILES string of the molecule is CC.CSc1cccc(NC(=O)c2c(N3CCCC(F)(F)CC3)ncc(-c3ccc(F)cn3)c2C)c1.Cc1nc(N2CCCC(F)(F)CC2)c(C(=O)Nc2ccnc(SN)c2)cc1C(F)(F)F. The quantitative estimate of drug-likeness (QED) is 0.0738. The van der Waals surface area contributed by atoms with Gasteiger partial charge in [-0.05, 0) is 99.0 Å². The molecule has 2 saturated heterocycles. The van der Waals surface area contributed by atoms with Crippen molar-refractivity contribution in [3.63, 3.8) is 0 Å². The molecule has 0 spiro atoms. The first-order valence-electron chi connectivity index (χ1n) is 21.3. The van der Waals surface area contributed by atoms with Crippen LogP contribution in [0.5, 0.6) is 0 Å². The molecule has 21 heteroatoms. The molecule has 67 heavy (non-hydrogen) atoms. The molecule has 5 aromatic rings. The summed E-state index contributed by atoms with van der Waals surface area (Å²) >= 11 is 2.39. The summed E-state index contributed by atoms with van der Waals surface area (Å²) in [6.45, 7) is 7.43. The number of aryl methyl sites for hydroxylation is 1. The maximum Gasteiger partial charge on any atom is 0.418 e. The number of hydrogen-bond acceptors (Lipinski definition) is 11. The average Bonchev–Trinajstić information content (AvgIpc) is 3.60. The lowest BCUT2D eigenvalue weighted by molar-refractivity contribution is -0.138. The zero-order chi connectivity index (χ0) is 49.1. The molecule has 4 aromatic heterocycles. The number of rotatable bonds is 9. The van der Waals surface area contributed by atoms with Crippen LogP contribution in [0.2, 0.25) is 0 Å². The Kier molecular flexibility index (Phi) is 18.0. The van der Waals surface area contributed by atoms with Gasteiger partial charge in [0, 0.05) is 86.1 Å². The highest BCUT2D eigenvalue weighted by atomic mass is 32.2. The number of carbonyl (C=O) groups is 2. The van der Waals surface area contributed by atoms with Crippen molar-refractivity contribution in [3.8, 4) is 11.3 Å². The largest absolute Gasteiger partial charge is 0.418 e. The van der Waals surface area contributed by atoms with Gasteiger partial charge in [0.15, 0.2) is 0 Å². The standard InChI is InChI=1S/C25H25F3N4OS.C19H20F5N5OS.C2H6/c1-16-20(21-8-7-17(26)14-29-21)15-30-23(32-11-4-9-25(27,28)10-12-32)22(16)24(33)31-18-5-3-6-19(13-18)34-2;1-11-14(19(22,23)24)10-13(17(30)28-12-3-6-26-15(9-12)31-25)16(27-11)29-7-2-4-18(20,21)5-8-29;1-2/h3,5-8,13-15H,4,9-12H2,1-2H3,(H,31,33);3,6,9-10H,2,4-5,7-8,25H2,1H3,(H,26,28,30);1-2H3. The lowest BCUT2D eigenvalue weighted by Gasteiger charge is -2.26. The summed E-state index contributed by atoms with van der Waals surface area (Å²) in [7, 11) is 0. The number of nitrogens with one attached hydrogen (secondary N) is 2. The molecule has 0 atom stereocenters. The van der Waals surface area contributed by atoms with Crippen LogP contribution in [0.4, 0.5) is 58.1 Å². The second-order valence-corrected chi connectivity index (χ2v) is 16.9. The number of nitrogens with two attached hydrogens (primary N) is 1. The number of hydrogen-bond donors (Lipinski definition) is 3. The van der Waals surface area contributed by atoms with Gasteiger partial charge < -0.3 is 20.4 Å². The number of aromatic nitrogens is 4. The van der Waals surface area contributed by atoms with Crippen LogP contribution in [0.25, 0.3) is 11.3 Å². The van der Waals surface area contributed by atoms with Crippen molar-refractivity contribution in [2.45, 2.75) is 94.2 Å². The van der Waals surface area contributed by atoms with Crippen LogP contribution < -0.4 is 25.6 Å². The maximum absolute atomic E-state index is 14.0. The van der Waals surface area contributed by atoms with Gasteiger partial charge in [-0.25, -0.2) is 36.9 Å². The number of nitrogens with zero attached hydrogens (tertiary/aromatic N) is 6. The van der Waals surface area contributed by atoms with E-state index >= 15 is 0 Å². The Bertz CT molecular complexity index is 2500. The van der Waals surface area contributed by atoms with E-state index in [0.717, 1.165) is 29.1 Å². The van der Waals surface area contributed by atoms with Crippen molar-refractivity contribution >= 4 is 58.5 Å². The first kappa shape index (κ1) is 52.4. The molecule has 0 bridgehead atoms. The van der Waals surface area contributed by atoms with Gasteiger partial charge in [-0.2, -0.15) is 13.2 Å². The van der Waals surface area contributed by atoms with Crippen LogP contribution >= 0.6 is 23.7 Å². The first-order chi connectivity index (χ1) is 31.8. The third-order valence-corrected chi connectivity index (χ3v) is 12.0. The van der Waals surface area contributed by atoms with Gasteiger partial charge in [0.2, 0.25) is 11.8 Å². The second kappa shape index (κ2) is 23.0. The van der Waals surface area contributed by atoms with Gasteiger partial charge >= 0.3 is 6.18 Å². The Morgan fingerprint density at radius 3 is 1.99 bits per heavy atom. The van der Waals surface area contributed by atoms with Gasteiger partial charge in [0.05, 0.1) is 34.3 Å². The summed E-state index contributed by atoms with van der Waals surface area (Å²) < 4.78 is 109. The second-order valence-electron chi connectivity index (χ2n) is 15.4. The number of halogens is 8. The molecule has 360 valence electrons. The average molecular weight is 978 g/mol. The fraction of sp³-hybridized carbons (Fsp3) is 0.391. The highest BCUT2D eigenvalue weighted by molar-refractivity contribution is 7.98. The van der Waals surface area contributed by atoms with E-state index in [-0.39, 0.29) is 68.1 Å². The van der Waals surface area contributed by atoms with Gasteiger partial charge in [-0.3, -0.25) is 19.7 Å². The van der Waals surface area contributed by atoms with E-state index in [4.69, 9.17) is 5.14 Å². The van der Waals surface area contributed by atoms with E-state index in [1.807, 2.05) is 38.3 Å². The van der Waals surface area contributed by atoms with Gasteiger partial charge in [0.25, 0.3) is 11.8 Å². The zero-order valence-electron chi connectivity index (χ0n) is 37.4. The molecule has 0 aliphatic carbocycles. The maximum atomic E-state index is 14.0. The van der Waals surface area contributed by atoms with Crippen LogP contribution in [0.3, 0.4) is 0 Å². The Hall–Kier alpha value is -5.54. The predicted octanol–water partition coefficient (Wildman–Crippen LogP) is 11.9. The third kappa shape index (κ3) is 14.0. The fourth-order valence-electron chi connectivity index (χ4n) is 7.38. The molecule has 1 aromatic carbocycles. The third-order valence-electron chi connectivity index (χ3n) is 10.8. The van der Waals surface area contributed by atoms with E-state index in [0.29, 0.717) is 51.9 Å². The molecule has 2 aliphatic rings. The highest BCUT2D eigenvalue weighted by Gasteiger charge is 2.38. The molecule has 2 amide bonds. The topological polar surface area (TPSA) is 142 Å². The minimum atomic E-state index is -4.73. The van der Waals surface area contributed by atoms with Crippen molar-refractivity contribution < 1.29 is 44.7 Å². The molecular weight excluding hydrogens is 927 g/mol. The molecular formula is C46H51F8N9O2S2. The van der Waals surface area contributed by atoms with Crippen LogP contribution in [-0.4, -0.2) is 76.0 Å². The highest BCUT2D eigenvalue weighted by Crippen LogP contribution is 2.38. The van der Waals surface area contributed by atoms with Crippen molar-refractivity contribution in [1.29, 1.82) is 0 Å². The summed E-state index contributed by atoms with van der Waals surface area (Å²) in [6, 6.07) is 13.9. The van der Waals surface area contributed by atoms with E-state index in [1.54, 1.807) is 35.8 Å². The summed E-state index contributed by atoms with van der Waals surface area (Å²) in [4.78, 5) is 47.3. The lowest BCUT2D eigenvalue weighted by Crippen LogP contribution is -2.30. The number of alkyl halides is 7. The van der Waals surface area contributed by atoms with Crippen molar-refractivity contribution in [2.24, 2.45) is 5.14 Å². The summed E-state index contributed by atoms with van der Waals surface area (Å²) in [5.74, 6) is -7.00. The Labute approximate surface area is 392 Å². The lowest BCUT2D eigenvalue weighted by atomic mass is 10.0. The van der Waals surface area contributed by atoms with Crippen LogP contribution in [0.1, 0.15) is 89.9 Å². The van der Waals surface area contributed by atoms with Crippen molar-refractivity contribution in [1.82, 2.24) is 19.9 Å². The Balaban J connectivity index is 0.000000243. The normalized spacial score (nSPS) is 15.7. The van der Waals surface area contributed by atoms with Crippen molar-refractivity contribution in [3.05, 3.63) is 107 Å².